The third-order valence-corrected chi connectivity index (χ3v) is 3.80. The molecule has 0 saturated carbocycles. The number of aromatic nitrogens is 8. The standard InChI is InChI=1S/C17H14N8O2/c1-10-7-14(22-27-10)16-20-19-15-12-5-3-4-6-13(12)17(21-25(15)16)26-9-11-8-24(2)23-18-11/h3-8H,9H2,1-2H3/i1D3,2D3,7D. The molecule has 0 aliphatic heterocycles. The molecule has 0 saturated heterocycles. The molecule has 134 valence electrons. The summed E-state index contributed by atoms with van der Waals surface area (Å²) in [5.74, 6) is -0.448. The van der Waals surface area contributed by atoms with Gasteiger partial charge in [0.1, 0.15) is 18.1 Å². The Morgan fingerprint density at radius 3 is 2.96 bits per heavy atom. The van der Waals surface area contributed by atoms with Crippen LogP contribution < -0.4 is 4.74 Å². The zero-order valence-corrected chi connectivity index (χ0v) is 13.5. The van der Waals surface area contributed by atoms with E-state index in [9.17, 15) is 0 Å². The van der Waals surface area contributed by atoms with E-state index in [1.165, 1.54) is 10.7 Å². The summed E-state index contributed by atoms with van der Waals surface area (Å²) in [5.41, 5.74) is 0.440. The van der Waals surface area contributed by atoms with E-state index in [1.54, 1.807) is 24.3 Å². The van der Waals surface area contributed by atoms with Crippen molar-refractivity contribution in [3.63, 3.8) is 0 Å². The van der Waals surface area contributed by atoms with Crippen LogP contribution in [0.4, 0.5) is 0 Å². The molecule has 0 unspecified atom stereocenters. The maximum Gasteiger partial charge on any atom is 0.240 e. The molecule has 0 amide bonds. The zero-order chi connectivity index (χ0) is 24.3. The van der Waals surface area contributed by atoms with E-state index in [4.69, 9.17) is 18.9 Å². The molecule has 0 aliphatic carbocycles. The second-order valence-electron chi connectivity index (χ2n) is 5.54. The maximum atomic E-state index is 8.18. The van der Waals surface area contributed by atoms with E-state index in [1.807, 2.05) is 0 Å². The number of fused-ring (bicyclic) bond motifs is 3. The van der Waals surface area contributed by atoms with Gasteiger partial charge in [-0.25, -0.2) is 0 Å². The van der Waals surface area contributed by atoms with Crippen LogP contribution in [0.1, 0.15) is 21.0 Å². The van der Waals surface area contributed by atoms with E-state index in [2.05, 4.69) is 30.8 Å². The number of hydrogen-bond acceptors (Lipinski definition) is 8. The Kier molecular flexibility index (Phi) is 2.12. The first kappa shape index (κ1) is 9.76. The largest absolute Gasteiger partial charge is 0.470 e. The summed E-state index contributed by atoms with van der Waals surface area (Å²) >= 11 is 0. The van der Waals surface area contributed by atoms with Crippen molar-refractivity contribution in [2.45, 2.75) is 13.5 Å². The van der Waals surface area contributed by atoms with Gasteiger partial charge < -0.3 is 9.26 Å². The van der Waals surface area contributed by atoms with Crippen molar-refractivity contribution in [3.8, 4) is 17.4 Å². The molecular formula is C17H14N8O2. The Morgan fingerprint density at radius 1 is 1.22 bits per heavy atom. The molecule has 4 aromatic heterocycles. The molecule has 0 atom stereocenters. The molecule has 10 nitrogen and oxygen atoms in total. The van der Waals surface area contributed by atoms with Crippen LogP contribution >= 0.6 is 0 Å². The summed E-state index contributed by atoms with van der Waals surface area (Å²) in [4.78, 5) is 0. The van der Waals surface area contributed by atoms with Gasteiger partial charge in [0.05, 0.1) is 7.57 Å². The predicted molar refractivity (Wildman–Crippen MR) is 93.9 cm³/mol. The molecule has 0 spiro atoms. The molecule has 4 heterocycles. The SMILES string of the molecule is [2H]c1c(-c2nnc3c4ccccc4c(OCc4cn(C([2H])([2H])[2H])nn4)nn23)noc1C([2H])([2H])[2H]. The highest BCUT2D eigenvalue weighted by molar-refractivity contribution is 5.96. The van der Waals surface area contributed by atoms with Gasteiger partial charge in [-0.1, -0.05) is 28.6 Å². The Balaban J connectivity index is 1.59. The summed E-state index contributed by atoms with van der Waals surface area (Å²) in [6.07, 6.45) is 1.25. The zero-order valence-electron chi connectivity index (χ0n) is 20.5. The summed E-state index contributed by atoms with van der Waals surface area (Å²) in [5, 5.41) is 24.9. The van der Waals surface area contributed by atoms with Gasteiger partial charge in [-0.05, 0) is 12.9 Å². The molecule has 1 aromatic carbocycles. The van der Waals surface area contributed by atoms with E-state index < -0.39 is 25.6 Å². The van der Waals surface area contributed by atoms with Gasteiger partial charge >= 0.3 is 0 Å². The number of benzene rings is 1. The van der Waals surface area contributed by atoms with E-state index >= 15 is 0 Å². The van der Waals surface area contributed by atoms with Crippen LogP contribution in [0.5, 0.6) is 5.88 Å². The Hall–Kier alpha value is -3.82. The van der Waals surface area contributed by atoms with Crippen LogP contribution in [0.2, 0.25) is 0 Å². The second kappa shape index (κ2) is 5.87. The third-order valence-electron chi connectivity index (χ3n) is 3.80. The van der Waals surface area contributed by atoms with E-state index in [-0.39, 0.29) is 29.7 Å². The van der Waals surface area contributed by atoms with Crippen molar-refractivity contribution in [3.05, 3.63) is 48.0 Å². The average molecular weight is 369 g/mol. The van der Waals surface area contributed by atoms with Crippen molar-refractivity contribution in [2.75, 3.05) is 0 Å². The van der Waals surface area contributed by atoms with Gasteiger partial charge in [0.25, 0.3) is 0 Å². The number of hydrogen-bond donors (Lipinski definition) is 0. The van der Waals surface area contributed by atoms with Crippen molar-refractivity contribution in [1.29, 1.82) is 0 Å². The minimum absolute atomic E-state index is 0.0109. The summed E-state index contributed by atoms with van der Waals surface area (Å²) in [6.45, 7) is -5.26. The van der Waals surface area contributed by atoms with Crippen LogP contribution in [0, 0.1) is 6.85 Å². The summed E-state index contributed by atoms with van der Waals surface area (Å²) in [6, 6.07) is 6.62. The molecule has 0 bridgehead atoms. The second-order valence-corrected chi connectivity index (χ2v) is 5.54. The number of rotatable bonds is 4. The van der Waals surface area contributed by atoms with Gasteiger partial charge in [0, 0.05) is 32.0 Å². The molecule has 0 N–H and O–H groups in total. The van der Waals surface area contributed by atoms with Crippen LogP contribution in [0.25, 0.3) is 27.9 Å². The van der Waals surface area contributed by atoms with Gasteiger partial charge in [-0.3, -0.25) is 4.68 Å². The molecular weight excluding hydrogens is 348 g/mol. The predicted octanol–water partition coefficient (Wildman–Crippen LogP) is 1.95. The maximum absolute atomic E-state index is 8.18. The first-order chi connectivity index (χ1) is 16.0. The highest BCUT2D eigenvalue weighted by Gasteiger charge is 2.18. The van der Waals surface area contributed by atoms with Gasteiger partial charge in [0.15, 0.2) is 11.3 Å². The quantitative estimate of drug-likeness (QED) is 0.473. The fourth-order valence-corrected chi connectivity index (χ4v) is 2.65. The van der Waals surface area contributed by atoms with Gasteiger partial charge in [-0.2, -0.15) is 4.52 Å². The van der Waals surface area contributed by atoms with Crippen molar-refractivity contribution < 1.29 is 18.9 Å². The van der Waals surface area contributed by atoms with E-state index in [0.717, 1.165) is 4.68 Å². The topological polar surface area (TPSA) is 109 Å². The number of ether oxygens (including phenoxy) is 1. The van der Waals surface area contributed by atoms with Crippen molar-refractivity contribution in [2.24, 2.45) is 6.98 Å². The highest BCUT2D eigenvalue weighted by Crippen LogP contribution is 2.29. The van der Waals surface area contributed by atoms with Crippen LogP contribution in [-0.4, -0.2) is 40.0 Å². The lowest BCUT2D eigenvalue weighted by atomic mass is 10.2. The number of aryl methyl sites for hydroxylation is 2. The molecule has 5 aromatic rings. The van der Waals surface area contributed by atoms with Crippen molar-refractivity contribution in [1.82, 2.24) is 40.0 Å². The summed E-state index contributed by atoms with van der Waals surface area (Å²) in [7, 11) is 0. The normalized spacial score (nSPS) is 16.2. The fraction of sp³-hybridized carbons (Fsp3) is 0.176. The van der Waals surface area contributed by atoms with Gasteiger partial charge in [-0.15, -0.1) is 20.4 Å². The molecule has 5 rings (SSSR count). The lowest BCUT2D eigenvalue weighted by molar-refractivity contribution is 0.289. The van der Waals surface area contributed by atoms with Crippen LogP contribution in [0.15, 0.2) is 41.0 Å². The average Bonchev–Trinajstić information content (AvgIpc) is 3.49. The van der Waals surface area contributed by atoms with Crippen molar-refractivity contribution >= 4 is 16.4 Å². The van der Waals surface area contributed by atoms with Gasteiger partial charge in [0.2, 0.25) is 11.7 Å². The lowest BCUT2D eigenvalue weighted by Gasteiger charge is -2.08. The van der Waals surface area contributed by atoms with Crippen LogP contribution in [0.3, 0.4) is 0 Å². The lowest BCUT2D eigenvalue weighted by Crippen LogP contribution is -2.03. The Morgan fingerprint density at radius 2 is 2.15 bits per heavy atom. The van der Waals surface area contributed by atoms with E-state index in [0.29, 0.717) is 16.4 Å². The Bertz CT molecular complexity index is 1520. The molecule has 10 heteroatoms. The molecule has 0 aliphatic rings. The molecule has 0 radical (unpaired) electrons. The minimum atomic E-state index is -2.66. The summed E-state index contributed by atoms with van der Waals surface area (Å²) < 4.78 is 65.5. The number of nitrogens with zero attached hydrogens (tertiary/aromatic N) is 8. The van der Waals surface area contributed by atoms with Crippen LogP contribution in [-0.2, 0) is 13.6 Å². The monoisotopic (exact) mass is 369 g/mol. The Labute approximate surface area is 162 Å². The minimum Gasteiger partial charge on any atom is -0.470 e. The first-order valence-electron chi connectivity index (χ1n) is 11.2. The highest BCUT2D eigenvalue weighted by atomic mass is 16.5. The molecule has 27 heavy (non-hydrogen) atoms. The molecule has 0 fully saturated rings. The third kappa shape index (κ3) is 2.58. The first-order valence-corrected chi connectivity index (χ1v) is 7.70. The smallest absolute Gasteiger partial charge is 0.240 e. The fourth-order valence-electron chi connectivity index (χ4n) is 2.65.